The summed E-state index contributed by atoms with van der Waals surface area (Å²) in [7, 11) is 0. The molecule has 3 heteroatoms. The van der Waals surface area contributed by atoms with Gasteiger partial charge in [-0.2, -0.15) is 0 Å². The zero-order valence-electron chi connectivity index (χ0n) is 7.46. The summed E-state index contributed by atoms with van der Waals surface area (Å²) in [4.78, 5) is 0. The number of rotatable bonds is 1. The maximum absolute atomic E-state index is 5.66. The van der Waals surface area contributed by atoms with Crippen LogP contribution >= 0.6 is 12.4 Å². The summed E-state index contributed by atoms with van der Waals surface area (Å²) < 4.78 is 5.66. The highest BCUT2D eigenvalue weighted by Crippen LogP contribution is 2.25. The Kier molecular flexibility index (Phi) is 3.82. The van der Waals surface area contributed by atoms with E-state index in [2.05, 4.69) is 20.8 Å². The fraction of sp³-hybridized carbons (Fsp3) is 1.00. The lowest BCUT2D eigenvalue weighted by atomic mass is 9.89. The van der Waals surface area contributed by atoms with Gasteiger partial charge in [0.05, 0.1) is 11.7 Å². The Morgan fingerprint density at radius 1 is 1.27 bits per heavy atom. The Bertz CT molecular complexity index is 116. The summed E-state index contributed by atoms with van der Waals surface area (Å²) in [5.41, 5.74) is 5.61. The molecule has 0 aliphatic heterocycles. The van der Waals surface area contributed by atoms with Crippen LogP contribution in [-0.4, -0.2) is 17.7 Å². The monoisotopic (exact) mass is 179 g/mol. The molecule has 0 aromatic carbocycles. The average molecular weight is 180 g/mol. The summed E-state index contributed by atoms with van der Waals surface area (Å²) in [6.45, 7) is 6.24. The molecule has 68 valence electrons. The molecule has 1 aliphatic carbocycles. The topological polar surface area (TPSA) is 35.2 Å². The van der Waals surface area contributed by atoms with E-state index >= 15 is 0 Å². The van der Waals surface area contributed by atoms with Crippen molar-refractivity contribution in [1.82, 2.24) is 0 Å². The number of halogens is 1. The lowest BCUT2D eigenvalue weighted by Crippen LogP contribution is -2.44. The summed E-state index contributed by atoms with van der Waals surface area (Å²) in [5.74, 6) is 0. The highest BCUT2D eigenvalue weighted by atomic mass is 35.5. The van der Waals surface area contributed by atoms with Crippen LogP contribution in [0.5, 0.6) is 0 Å². The second-order valence-corrected chi connectivity index (χ2v) is 4.08. The van der Waals surface area contributed by atoms with E-state index in [4.69, 9.17) is 10.5 Å². The predicted octanol–water partition coefficient (Wildman–Crippen LogP) is 1.71. The number of hydrogen-bond donors (Lipinski definition) is 1. The molecule has 0 unspecified atom stereocenters. The van der Waals surface area contributed by atoms with Gasteiger partial charge in [0.25, 0.3) is 0 Å². The summed E-state index contributed by atoms with van der Waals surface area (Å²) in [6, 6.07) is 0.396. The number of ether oxygens (including phenoxy) is 1. The third kappa shape index (κ3) is 3.94. The molecule has 1 fully saturated rings. The smallest absolute Gasteiger partial charge is 0.0611 e. The molecule has 0 heterocycles. The first-order valence-electron chi connectivity index (χ1n) is 3.91. The third-order valence-corrected chi connectivity index (χ3v) is 1.65. The van der Waals surface area contributed by atoms with Crippen molar-refractivity contribution in [2.75, 3.05) is 0 Å². The van der Waals surface area contributed by atoms with Gasteiger partial charge in [0.1, 0.15) is 0 Å². The molecule has 2 N–H and O–H groups in total. The van der Waals surface area contributed by atoms with Crippen LogP contribution in [-0.2, 0) is 4.74 Å². The van der Waals surface area contributed by atoms with Crippen LogP contribution in [0.1, 0.15) is 33.6 Å². The maximum atomic E-state index is 5.66. The maximum Gasteiger partial charge on any atom is 0.0611 e. The van der Waals surface area contributed by atoms with Gasteiger partial charge in [0.15, 0.2) is 0 Å². The molecular formula is C8H18ClNO. The second-order valence-electron chi connectivity index (χ2n) is 4.08. The first-order chi connectivity index (χ1) is 4.47. The zero-order valence-corrected chi connectivity index (χ0v) is 8.28. The molecule has 0 amide bonds. The van der Waals surface area contributed by atoms with Crippen LogP contribution in [0.25, 0.3) is 0 Å². The summed E-state index contributed by atoms with van der Waals surface area (Å²) in [6.07, 6.45) is 2.50. The van der Waals surface area contributed by atoms with Crippen molar-refractivity contribution < 1.29 is 4.74 Å². The molecule has 0 radical (unpaired) electrons. The van der Waals surface area contributed by atoms with Crippen LogP contribution in [0.2, 0.25) is 0 Å². The highest BCUT2D eigenvalue weighted by Gasteiger charge is 2.29. The molecular weight excluding hydrogens is 162 g/mol. The van der Waals surface area contributed by atoms with Crippen LogP contribution in [0.3, 0.4) is 0 Å². The van der Waals surface area contributed by atoms with Gasteiger partial charge in [0, 0.05) is 6.04 Å². The van der Waals surface area contributed by atoms with E-state index in [9.17, 15) is 0 Å². The average Bonchev–Trinajstić information content (AvgIpc) is 1.57. The van der Waals surface area contributed by atoms with E-state index in [0.29, 0.717) is 12.1 Å². The predicted molar refractivity (Wildman–Crippen MR) is 49.1 cm³/mol. The van der Waals surface area contributed by atoms with Crippen molar-refractivity contribution in [2.45, 2.75) is 51.4 Å². The lowest BCUT2D eigenvalue weighted by molar-refractivity contribution is -0.0976. The van der Waals surface area contributed by atoms with Crippen molar-refractivity contribution in [3.63, 3.8) is 0 Å². The van der Waals surface area contributed by atoms with Crippen molar-refractivity contribution in [3.05, 3.63) is 0 Å². The van der Waals surface area contributed by atoms with Gasteiger partial charge in [-0.3, -0.25) is 0 Å². The van der Waals surface area contributed by atoms with Gasteiger partial charge < -0.3 is 10.5 Å². The largest absolute Gasteiger partial charge is 0.373 e. The molecule has 2 nitrogen and oxygen atoms in total. The quantitative estimate of drug-likeness (QED) is 0.666. The molecule has 1 saturated carbocycles. The molecule has 11 heavy (non-hydrogen) atoms. The fourth-order valence-electron chi connectivity index (χ4n) is 1.20. The second kappa shape index (κ2) is 3.74. The SMILES string of the molecule is CC(C)(C)OC1CC(N)C1.Cl. The molecule has 0 atom stereocenters. The zero-order chi connectivity index (χ0) is 7.78. The Hall–Kier alpha value is 0.210. The van der Waals surface area contributed by atoms with Gasteiger partial charge in [-0.25, -0.2) is 0 Å². The molecule has 0 aromatic heterocycles. The number of nitrogens with two attached hydrogens (primary N) is 1. The van der Waals surface area contributed by atoms with Gasteiger partial charge in [0.2, 0.25) is 0 Å². The molecule has 0 saturated heterocycles. The van der Waals surface area contributed by atoms with Gasteiger partial charge in [-0.1, -0.05) is 0 Å². The van der Waals surface area contributed by atoms with E-state index in [0.717, 1.165) is 12.8 Å². The fourth-order valence-corrected chi connectivity index (χ4v) is 1.20. The summed E-state index contributed by atoms with van der Waals surface area (Å²) >= 11 is 0. The van der Waals surface area contributed by atoms with Gasteiger partial charge in [-0.05, 0) is 33.6 Å². The molecule has 1 aliphatic rings. The Morgan fingerprint density at radius 3 is 2.00 bits per heavy atom. The van der Waals surface area contributed by atoms with Gasteiger partial charge in [-0.15, -0.1) is 12.4 Å². The highest BCUT2D eigenvalue weighted by molar-refractivity contribution is 5.85. The van der Waals surface area contributed by atoms with E-state index in [1.165, 1.54) is 0 Å². The lowest BCUT2D eigenvalue weighted by Gasteiger charge is -2.37. The third-order valence-electron chi connectivity index (χ3n) is 1.65. The van der Waals surface area contributed by atoms with Crippen molar-refractivity contribution >= 4 is 12.4 Å². The molecule has 0 spiro atoms. The Labute approximate surface area is 74.9 Å². The molecule has 0 bridgehead atoms. The Morgan fingerprint density at radius 2 is 1.73 bits per heavy atom. The van der Waals surface area contributed by atoms with E-state index < -0.39 is 0 Å². The van der Waals surface area contributed by atoms with E-state index in [1.54, 1.807) is 0 Å². The first kappa shape index (κ1) is 11.2. The Balaban J connectivity index is 0.000001000. The van der Waals surface area contributed by atoms with Crippen LogP contribution in [0.15, 0.2) is 0 Å². The standard InChI is InChI=1S/C8H17NO.ClH/c1-8(2,3)10-7-4-6(9)5-7;/h6-7H,4-5,9H2,1-3H3;1H. The minimum atomic E-state index is 0. The minimum Gasteiger partial charge on any atom is -0.373 e. The van der Waals surface area contributed by atoms with E-state index in [1.807, 2.05) is 0 Å². The normalized spacial score (nSPS) is 30.5. The van der Waals surface area contributed by atoms with Crippen LogP contribution in [0, 0.1) is 0 Å². The summed E-state index contributed by atoms with van der Waals surface area (Å²) in [5, 5.41) is 0. The van der Waals surface area contributed by atoms with Crippen molar-refractivity contribution in [3.8, 4) is 0 Å². The first-order valence-corrected chi connectivity index (χ1v) is 3.91. The van der Waals surface area contributed by atoms with Crippen molar-refractivity contribution in [1.29, 1.82) is 0 Å². The minimum absolute atomic E-state index is 0. The van der Waals surface area contributed by atoms with Crippen LogP contribution < -0.4 is 5.73 Å². The molecule has 0 aromatic rings. The van der Waals surface area contributed by atoms with Crippen molar-refractivity contribution in [2.24, 2.45) is 5.73 Å². The van der Waals surface area contributed by atoms with E-state index in [-0.39, 0.29) is 18.0 Å². The van der Waals surface area contributed by atoms with Crippen LogP contribution in [0.4, 0.5) is 0 Å². The molecule has 1 rings (SSSR count). The number of hydrogen-bond acceptors (Lipinski definition) is 2. The van der Waals surface area contributed by atoms with Gasteiger partial charge >= 0.3 is 0 Å².